The fraction of sp³-hybridized carbons (Fsp3) is 0.708. The molecule has 2 atom stereocenters. The minimum absolute atomic E-state index is 0.200. The first-order chi connectivity index (χ1) is 14.1. The minimum Gasteiger partial charge on any atom is -0.453 e. The van der Waals surface area contributed by atoms with E-state index in [1.54, 1.807) is 0 Å². The van der Waals surface area contributed by atoms with Crippen LogP contribution in [-0.4, -0.2) is 56.8 Å². The molecule has 2 rings (SSSR count). The van der Waals surface area contributed by atoms with Gasteiger partial charge < -0.3 is 19.7 Å². The molecule has 0 bridgehead atoms. The summed E-state index contributed by atoms with van der Waals surface area (Å²) in [6.45, 7) is 17.7. The van der Waals surface area contributed by atoms with E-state index in [0.717, 1.165) is 31.7 Å². The maximum absolute atomic E-state index is 13.0. The number of hydrogen-bond donors (Lipinski definition) is 1. The molecule has 1 aromatic carbocycles. The second kappa shape index (κ2) is 10.4. The van der Waals surface area contributed by atoms with E-state index in [4.69, 9.17) is 21.1 Å². The maximum atomic E-state index is 13.0. The molecule has 0 amide bonds. The molecule has 2 unspecified atom stereocenters. The van der Waals surface area contributed by atoms with Gasteiger partial charge in [0.25, 0.3) is 0 Å². The fourth-order valence-corrected chi connectivity index (χ4v) is 4.15. The van der Waals surface area contributed by atoms with Gasteiger partial charge in [0.05, 0.1) is 18.6 Å². The molecular formula is C24H39ClN2O3. The summed E-state index contributed by atoms with van der Waals surface area (Å²) in [6.07, 6.45) is 0.687. The van der Waals surface area contributed by atoms with Crippen molar-refractivity contribution in [2.24, 2.45) is 10.8 Å². The average Bonchev–Trinajstić information content (AvgIpc) is 2.70. The zero-order chi connectivity index (χ0) is 22.4. The number of halogens is 1. The SMILES string of the molecule is CCN(CC)CCOCC1(C)CNCCC1(OC(=O)C(C)(C)C)c1ccc(Cl)cc1. The predicted molar refractivity (Wildman–Crippen MR) is 123 cm³/mol. The van der Waals surface area contributed by atoms with E-state index in [0.29, 0.717) is 31.2 Å². The van der Waals surface area contributed by atoms with E-state index in [9.17, 15) is 4.79 Å². The van der Waals surface area contributed by atoms with E-state index in [-0.39, 0.29) is 5.97 Å². The monoisotopic (exact) mass is 438 g/mol. The van der Waals surface area contributed by atoms with Crippen LogP contribution in [0.1, 0.15) is 53.5 Å². The summed E-state index contributed by atoms with van der Waals surface area (Å²) in [6, 6.07) is 7.70. The van der Waals surface area contributed by atoms with Gasteiger partial charge in [-0.3, -0.25) is 4.79 Å². The van der Waals surface area contributed by atoms with Crippen molar-refractivity contribution in [3.63, 3.8) is 0 Å². The zero-order valence-electron chi connectivity index (χ0n) is 19.5. The summed E-state index contributed by atoms with van der Waals surface area (Å²) < 4.78 is 12.6. The normalized spacial score (nSPS) is 24.8. The van der Waals surface area contributed by atoms with E-state index in [1.165, 1.54) is 0 Å². The van der Waals surface area contributed by atoms with E-state index >= 15 is 0 Å². The lowest BCUT2D eigenvalue weighted by Crippen LogP contribution is -2.60. The van der Waals surface area contributed by atoms with Crippen molar-refractivity contribution in [1.29, 1.82) is 0 Å². The van der Waals surface area contributed by atoms with Crippen molar-refractivity contribution in [2.45, 2.75) is 53.6 Å². The van der Waals surface area contributed by atoms with E-state index in [2.05, 4.69) is 31.0 Å². The number of likely N-dealkylation sites (N-methyl/N-ethyl adjacent to an activating group) is 1. The third kappa shape index (κ3) is 5.76. The molecule has 0 aromatic heterocycles. The summed E-state index contributed by atoms with van der Waals surface area (Å²) in [4.78, 5) is 15.4. The summed E-state index contributed by atoms with van der Waals surface area (Å²) in [5.74, 6) is -0.200. The van der Waals surface area contributed by atoms with Crippen molar-refractivity contribution >= 4 is 17.6 Å². The average molecular weight is 439 g/mol. The number of carbonyl (C=O) groups is 1. The number of carbonyl (C=O) groups excluding carboxylic acids is 1. The molecule has 0 aliphatic carbocycles. The lowest BCUT2D eigenvalue weighted by Gasteiger charge is -2.52. The minimum atomic E-state index is -0.775. The number of nitrogens with one attached hydrogen (secondary N) is 1. The van der Waals surface area contributed by atoms with Crippen molar-refractivity contribution < 1.29 is 14.3 Å². The molecule has 1 fully saturated rings. The quantitative estimate of drug-likeness (QED) is 0.455. The number of nitrogens with zero attached hydrogens (tertiary/aromatic N) is 1. The molecule has 170 valence electrons. The van der Waals surface area contributed by atoms with Gasteiger partial charge >= 0.3 is 5.97 Å². The number of esters is 1. The number of ether oxygens (including phenoxy) is 2. The molecule has 1 saturated heterocycles. The van der Waals surface area contributed by atoms with Crippen LogP contribution in [0, 0.1) is 10.8 Å². The van der Waals surface area contributed by atoms with E-state index < -0.39 is 16.4 Å². The Bertz CT molecular complexity index is 685. The highest BCUT2D eigenvalue weighted by atomic mass is 35.5. The molecule has 1 N–H and O–H groups in total. The molecule has 1 heterocycles. The Hall–Kier alpha value is -1.14. The van der Waals surface area contributed by atoms with Crippen molar-refractivity contribution in [2.75, 3.05) is 45.9 Å². The highest BCUT2D eigenvalue weighted by Crippen LogP contribution is 2.49. The van der Waals surface area contributed by atoms with Crippen LogP contribution in [-0.2, 0) is 19.9 Å². The molecular weight excluding hydrogens is 400 g/mol. The second-order valence-electron chi connectivity index (χ2n) is 9.54. The van der Waals surface area contributed by atoms with Crippen LogP contribution < -0.4 is 5.32 Å². The van der Waals surface area contributed by atoms with Crippen LogP contribution in [0.4, 0.5) is 0 Å². The highest BCUT2D eigenvalue weighted by molar-refractivity contribution is 6.30. The second-order valence-corrected chi connectivity index (χ2v) is 9.98. The standard InChI is InChI=1S/C24H39ClN2O3/c1-7-27(8-2)15-16-29-18-23(6)17-26-14-13-24(23,30-21(28)22(3,4)5)19-9-11-20(25)12-10-19/h9-12,26H,7-8,13-18H2,1-6H3. The van der Waals surface area contributed by atoms with Gasteiger partial charge in [0.15, 0.2) is 0 Å². The molecule has 1 aliphatic heterocycles. The molecule has 6 heteroatoms. The zero-order valence-corrected chi connectivity index (χ0v) is 20.3. The lowest BCUT2D eigenvalue weighted by molar-refractivity contribution is -0.202. The Balaban J connectivity index is 2.33. The fourth-order valence-electron chi connectivity index (χ4n) is 4.03. The summed E-state index contributed by atoms with van der Waals surface area (Å²) in [7, 11) is 0. The number of piperidine rings is 1. The smallest absolute Gasteiger partial charge is 0.312 e. The lowest BCUT2D eigenvalue weighted by atomic mass is 9.65. The van der Waals surface area contributed by atoms with Gasteiger partial charge in [0, 0.05) is 29.9 Å². The molecule has 30 heavy (non-hydrogen) atoms. The first-order valence-corrected chi connectivity index (χ1v) is 11.5. The van der Waals surface area contributed by atoms with Crippen LogP contribution in [0.25, 0.3) is 0 Å². The molecule has 1 aromatic rings. The number of benzene rings is 1. The van der Waals surface area contributed by atoms with Gasteiger partial charge in [-0.25, -0.2) is 0 Å². The van der Waals surface area contributed by atoms with Crippen molar-refractivity contribution in [1.82, 2.24) is 10.2 Å². The highest BCUT2D eigenvalue weighted by Gasteiger charge is 2.55. The Morgan fingerprint density at radius 2 is 1.83 bits per heavy atom. The van der Waals surface area contributed by atoms with Gasteiger partial charge in [-0.1, -0.05) is 44.5 Å². The number of rotatable bonds is 9. The van der Waals surface area contributed by atoms with Gasteiger partial charge in [0.1, 0.15) is 5.60 Å². The third-order valence-electron chi connectivity index (χ3n) is 6.20. The van der Waals surface area contributed by atoms with Crippen LogP contribution in [0.2, 0.25) is 5.02 Å². The Kier molecular flexibility index (Phi) is 8.75. The largest absolute Gasteiger partial charge is 0.453 e. The molecule has 5 nitrogen and oxygen atoms in total. The molecule has 0 spiro atoms. The summed E-state index contributed by atoms with van der Waals surface area (Å²) in [5, 5.41) is 4.16. The topological polar surface area (TPSA) is 50.8 Å². The molecule has 0 saturated carbocycles. The summed E-state index contributed by atoms with van der Waals surface area (Å²) >= 11 is 6.16. The van der Waals surface area contributed by atoms with Crippen molar-refractivity contribution in [3.8, 4) is 0 Å². The van der Waals surface area contributed by atoms with Crippen molar-refractivity contribution in [3.05, 3.63) is 34.9 Å². The van der Waals surface area contributed by atoms with Gasteiger partial charge in [0.2, 0.25) is 0 Å². The number of hydrogen-bond acceptors (Lipinski definition) is 5. The maximum Gasteiger partial charge on any atom is 0.312 e. The van der Waals surface area contributed by atoms with Crippen LogP contribution in [0.5, 0.6) is 0 Å². The molecule has 0 radical (unpaired) electrons. The molecule has 1 aliphatic rings. The Labute approximate surface area is 187 Å². The predicted octanol–water partition coefficient (Wildman–Crippen LogP) is 4.48. The van der Waals surface area contributed by atoms with Crippen LogP contribution in [0.15, 0.2) is 24.3 Å². The van der Waals surface area contributed by atoms with Gasteiger partial charge in [-0.2, -0.15) is 0 Å². The first kappa shape index (κ1) is 25.1. The summed E-state index contributed by atoms with van der Waals surface area (Å²) in [5.41, 5.74) is -0.804. The van der Waals surface area contributed by atoms with Crippen LogP contribution in [0.3, 0.4) is 0 Å². The third-order valence-corrected chi connectivity index (χ3v) is 6.45. The Morgan fingerprint density at radius 1 is 1.20 bits per heavy atom. The van der Waals surface area contributed by atoms with Gasteiger partial charge in [-0.05, 0) is 58.1 Å². The van der Waals surface area contributed by atoms with Crippen LogP contribution >= 0.6 is 11.6 Å². The van der Waals surface area contributed by atoms with Gasteiger partial charge in [-0.15, -0.1) is 0 Å². The van der Waals surface area contributed by atoms with E-state index in [1.807, 2.05) is 45.0 Å². The Morgan fingerprint density at radius 3 is 2.40 bits per heavy atom. The first-order valence-electron chi connectivity index (χ1n) is 11.1.